The van der Waals surface area contributed by atoms with Crippen molar-refractivity contribution in [3.05, 3.63) is 40.8 Å². The molecule has 1 aliphatic heterocycles. The van der Waals surface area contributed by atoms with Crippen LogP contribution in [0.1, 0.15) is 12.1 Å². The van der Waals surface area contributed by atoms with E-state index in [-0.39, 0.29) is 0 Å². The summed E-state index contributed by atoms with van der Waals surface area (Å²) in [7, 11) is 0. The van der Waals surface area contributed by atoms with Crippen molar-refractivity contribution in [3.8, 4) is 0 Å². The minimum absolute atomic E-state index is 0.905. The summed E-state index contributed by atoms with van der Waals surface area (Å²) >= 11 is 1.66. The molecule has 4 heteroatoms. The van der Waals surface area contributed by atoms with Crippen molar-refractivity contribution >= 4 is 22.7 Å². The lowest BCUT2D eigenvalue weighted by Gasteiger charge is -2.23. The molecule has 0 fully saturated rings. The second-order valence-electron chi connectivity index (χ2n) is 4.20. The molecule has 0 spiro atoms. The third-order valence-electron chi connectivity index (χ3n) is 3.00. The van der Waals surface area contributed by atoms with Gasteiger partial charge in [-0.2, -0.15) is 0 Å². The maximum atomic E-state index is 4.37. The summed E-state index contributed by atoms with van der Waals surface area (Å²) < 4.78 is 0. The number of rotatable bonds is 2. The summed E-state index contributed by atoms with van der Waals surface area (Å²) in [6.07, 6.45) is 1.17. The molecule has 0 amide bonds. The highest BCUT2D eigenvalue weighted by Gasteiger charge is 2.14. The fourth-order valence-corrected chi connectivity index (χ4v) is 2.74. The minimum Gasteiger partial charge on any atom is -0.383 e. The number of hydrogen-bond donors (Lipinski definition) is 1. The van der Waals surface area contributed by atoms with Crippen LogP contribution in [-0.4, -0.2) is 18.1 Å². The van der Waals surface area contributed by atoms with E-state index in [4.69, 9.17) is 0 Å². The standard InChI is InChI=1S/C13H15N3S/c1-2-5-13-12(4-1)14-6-3-7-16(13)8-11-9-17-10-15-11/h1-2,4-5,9-10,14H,3,6-8H2. The lowest BCUT2D eigenvalue weighted by atomic mass is 10.2. The van der Waals surface area contributed by atoms with Gasteiger partial charge in [-0.15, -0.1) is 11.3 Å². The van der Waals surface area contributed by atoms with Gasteiger partial charge in [-0.1, -0.05) is 12.1 Å². The molecule has 0 aliphatic carbocycles. The predicted octanol–water partition coefficient (Wildman–Crippen LogP) is 2.97. The fraction of sp³-hybridized carbons (Fsp3) is 0.308. The van der Waals surface area contributed by atoms with Gasteiger partial charge in [0.05, 0.1) is 29.1 Å². The number of nitrogens with one attached hydrogen (secondary N) is 1. The molecule has 17 heavy (non-hydrogen) atoms. The van der Waals surface area contributed by atoms with Gasteiger partial charge < -0.3 is 10.2 Å². The quantitative estimate of drug-likeness (QED) is 0.881. The summed E-state index contributed by atoms with van der Waals surface area (Å²) in [5.41, 5.74) is 5.59. The average molecular weight is 245 g/mol. The Labute approximate surface area is 105 Å². The van der Waals surface area contributed by atoms with Crippen LogP contribution in [-0.2, 0) is 6.54 Å². The van der Waals surface area contributed by atoms with E-state index in [1.807, 2.05) is 5.51 Å². The van der Waals surface area contributed by atoms with Crippen LogP contribution in [0.15, 0.2) is 35.2 Å². The number of para-hydroxylation sites is 2. The van der Waals surface area contributed by atoms with Crippen LogP contribution >= 0.6 is 11.3 Å². The highest BCUT2D eigenvalue weighted by atomic mass is 32.1. The summed E-state index contributed by atoms with van der Waals surface area (Å²) in [6, 6.07) is 8.51. The van der Waals surface area contributed by atoms with E-state index in [1.54, 1.807) is 11.3 Å². The first kappa shape index (κ1) is 10.6. The molecule has 2 heterocycles. The number of nitrogens with zero attached hydrogens (tertiary/aromatic N) is 2. The third kappa shape index (κ3) is 2.26. The Balaban J connectivity index is 1.89. The molecule has 88 valence electrons. The van der Waals surface area contributed by atoms with E-state index in [1.165, 1.54) is 17.8 Å². The number of aromatic nitrogens is 1. The number of hydrogen-bond acceptors (Lipinski definition) is 4. The average Bonchev–Trinajstić information content (AvgIpc) is 2.78. The van der Waals surface area contributed by atoms with Gasteiger partial charge in [0.1, 0.15) is 0 Å². The van der Waals surface area contributed by atoms with Gasteiger partial charge in [-0.3, -0.25) is 0 Å². The van der Waals surface area contributed by atoms with E-state index >= 15 is 0 Å². The van der Waals surface area contributed by atoms with Gasteiger partial charge in [-0.05, 0) is 18.6 Å². The molecule has 0 atom stereocenters. The van der Waals surface area contributed by atoms with Crippen LogP contribution in [0.3, 0.4) is 0 Å². The summed E-state index contributed by atoms with van der Waals surface area (Å²) in [5.74, 6) is 0. The van der Waals surface area contributed by atoms with Gasteiger partial charge in [0.2, 0.25) is 0 Å². The normalized spacial score (nSPS) is 14.9. The Bertz CT molecular complexity index is 481. The highest BCUT2D eigenvalue weighted by Crippen LogP contribution is 2.29. The number of thiazole rings is 1. The first-order chi connectivity index (χ1) is 8.43. The van der Waals surface area contributed by atoms with Gasteiger partial charge in [0, 0.05) is 18.5 Å². The molecule has 0 unspecified atom stereocenters. The molecule has 3 nitrogen and oxygen atoms in total. The molecule has 3 rings (SSSR count). The maximum absolute atomic E-state index is 4.37. The van der Waals surface area contributed by atoms with E-state index in [0.717, 1.165) is 25.3 Å². The number of benzene rings is 1. The Hall–Kier alpha value is -1.55. The van der Waals surface area contributed by atoms with Crippen molar-refractivity contribution in [1.82, 2.24) is 4.98 Å². The number of fused-ring (bicyclic) bond motifs is 1. The molecule has 0 radical (unpaired) electrons. The maximum Gasteiger partial charge on any atom is 0.0795 e. The zero-order chi connectivity index (χ0) is 11.5. The summed E-state index contributed by atoms with van der Waals surface area (Å²) in [4.78, 5) is 6.78. The third-order valence-corrected chi connectivity index (χ3v) is 3.64. The van der Waals surface area contributed by atoms with Gasteiger partial charge >= 0.3 is 0 Å². The Kier molecular flexibility index (Phi) is 2.96. The van der Waals surface area contributed by atoms with E-state index < -0.39 is 0 Å². The van der Waals surface area contributed by atoms with Crippen molar-refractivity contribution < 1.29 is 0 Å². The van der Waals surface area contributed by atoms with Crippen LogP contribution in [0.2, 0.25) is 0 Å². The Morgan fingerprint density at radius 3 is 3.18 bits per heavy atom. The molecule has 1 N–H and O–H groups in total. The first-order valence-corrected chi connectivity index (χ1v) is 6.83. The summed E-state index contributed by atoms with van der Waals surface area (Å²) in [6.45, 7) is 3.04. The predicted molar refractivity (Wildman–Crippen MR) is 72.7 cm³/mol. The van der Waals surface area contributed by atoms with Gasteiger partial charge in [0.15, 0.2) is 0 Å². The molecule has 0 bridgehead atoms. The van der Waals surface area contributed by atoms with Crippen LogP contribution in [0.25, 0.3) is 0 Å². The zero-order valence-corrected chi connectivity index (χ0v) is 10.4. The second-order valence-corrected chi connectivity index (χ2v) is 4.92. The van der Waals surface area contributed by atoms with E-state index in [9.17, 15) is 0 Å². The van der Waals surface area contributed by atoms with Crippen LogP contribution in [0.4, 0.5) is 11.4 Å². The highest BCUT2D eigenvalue weighted by molar-refractivity contribution is 7.07. The molecular weight excluding hydrogens is 230 g/mol. The molecule has 0 saturated heterocycles. The minimum atomic E-state index is 0.905. The molecule has 1 aliphatic rings. The zero-order valence-electron chi connectivity index (χ0n) is 9.60. The SMILES string of the molecule is c1ccc2c(c1)NCCCN2Cc1cscn1. The monoisotopic (exact) mass is 245 g/mol. The van der Waals surface area contributed by atoms with Crippen molar-refractivity contribution in [2.45, 2.75) is 13.0 Å². The molecular formula is C13H15N3S. The molecule has 0 saturated carbocycles. The van der Waals surface area contributed by atoms with Crippen LogP contribution in [0.5, 0.6) is 0 Å². The lowest BCUT2D eigenvalue weighted by molar-refractivity contribution is 0.755. The summed E-state index contributed by atoms with van der Waals surface area (Å²) in [5, 5.41) is 5.60. The largest absolute Gasteiger partial charge is 0.383 e. The van der Waals surface area contributed by atoms with Crippen LogP contribution < -0.4 is 10.2 Å². The van der Waals surface area contributed by atoms with Crippen molar-refractivity contribution in [1.29, 1.82) is 0 Å². The van der Waals surface area contributed by atoms with E-state index in [2.05, 4.69) is 44.8 Å². The number of anilines is 2. The molecule has 1 aromatic heterocycles. The van der Waals surface area contributed by atoms with Crippen molar-refractivity contribution in [2.75, 3.05) is 23.3 Å². The van der Waals surface area contributed by atoms with Crippen LogP contribution in [0, 0.1) is 0 Å². The second kappa shape index (κ2) is 4.75. The Morgan fingerprint density at radius 1 is 1.35 bits per heavy atom. The van der Waals surface area contributed by atoms with Gasteiger partial charge in [0.25, 0.3) is 0 Å². The first-order valence-electron chi connectivity index (χ1n) is 5.88. The topological polar surface area (TPSA) is 28.2 Å². The lowest BCUT2D eigenvalue weighted by Crippen LogP contribution is -2.23. The molecule has 1 aromatic carbocycles. The van der Waals surface area contributed by atoms with Gasteiger partial charge in [-0.25, -0.2) is 4.98 Å². The Morgan fingerprint density at radius 2 is 2.29 bits per heavy atom. The van der Waals surface area contributed by atoms with E-state index in [0.29, 0.717) is 0 Å². The van der Waals surface area contributed by atoms with Crippen molar-refractivity contribution in [3.63, 3.8) is 0 Å². The van der Waals surface area contributed by atoms with Crippen molar-refractivity contribution in [2.24, 2.45) is 0 Å². The smallest absolute Gasteiger partial charge is 0.0795 e. The fourth-order valence-electron chi connectivity index (χ4n) is 2.19. The molecule has 2 aromatic rings.